The Balaban J connectivity index is -0.00000200. The maximum Gasteiger partial charge on any atom is 0.265 e. The molecule has 944 valence electrons. The van der Waals surface area contributed by atoms with E-state index in [4.69, 9.17) is 16.6 Å². The van der Waals surface area contributed by atoms with E-state index in [-0.39, 0.29) is 17.4 Å². The largest absolute Gasteiger partial charge is 0.286 e. The minimum Gasteiger partial charge on any atom is -0.286 e. The summed E-state index contributed by atoms with van der Waals surface area (Å²) >= 11 is 185. The molecule has 1 N–H and O–H groups in total. The van der Waals surface area contributed by atoms with Crippen molar-refractivity contribution < 1.29 is 40.4 Å². The van der Waals surface area contributed by atoms with E-state index in [1.165, 1.54) is 50.3 Å². The molecular weight excluding hydrogens is 14100 g/mol. The number of rotatable bonds is 55. The predicted molar refractivity (Wildman–Crippen MR) is 1620 cm³/mol. The van der Waals surface area contributed by atoms with Gasteiger partial charge >= 0.3 is 1440 Å². The molecule has 0 aliphatic heterocycles. The Morgan fingerprint density at radius 2 is 0.360 bits per heavy atom. The van der Waals surface area contributed by atoms with Crippen molar-refractivity contribution in [2.45, 2.75) is 96.3 Å². The zero-order valence-corrected chi connectivity index (χ0v) is 294. The SMILES string of the molecule is BrCC1CCCCC1.II(I)I(I)I(I)I(I)I(I)I(I)I(I)I(I)I(I)I(I)I(I)I(I)I(I)I(I)I(I)I(I)I(I)I(I)I(I)I(I)I(I)I(I)I(I)I(I)I(I)I(I)I.I[I-]I(I)I(I)I(I)I(I)I(I)I(I)I(I)I(I)I(I)I(I)I(I)I(I)I(I)I(I)I(I)I(I)I(I)I(I)I(I)I(I)I(I)I(I)I(I)I(I)I(I)I.O=S(=O)(Cl)CC1CCCCC1.O=S(=O)(O)CC1CCCCC1.[2H]CF. The summed E-state index contributed by atoms with van der Waals surface area (Å²) in [5, 5.41) is 1.23. The second kappa shape index (κ2) is 137. The first-order valence-corrected chi connectivity index (χ1v) is 692. The Bertz CT molecular complexity index is 3240. The van der Waals surface area contributed by atoms with E-state index in [9.17, 15) is 21.2 Å². The van der Waals surface area contributed by atoms with Gasteiger partial charge in [-0.25, -0.2) is 8.42 Å². The molecule has 3 aliphatic rings. The zero-order valence-electron chi connectivity index (χ0n) is 60.6. The van der Waals surface area contributed by atoms with Crippen LogP contribution in [0.2, 0.25) is 0 Å². The Kier molecular flexibility index (Phi) is 216. The van der Waals surface area contributed by atoms with Crippen molar-refractivity contribution in [3.8, 4) is 0 Å². The van der Waals surface area contributed by atoms with Gasteiger partial charge in [0.2, 0.25) is 9.05 Å². The van der Waals surface area contributed by atoms with Gasteiger partial charge in [0.05, 0.1) is 20.0 Å². The Labute approximate surface area is 1560 Å². The molecule has 0 spiro atoms. The first kappa shape index (κ1) is 220. The van der Waals surface area contributed by atoms with Gasteiger partial charge in [-0.05, 0) is 56.3 Å². The van der Waals surface area contributed by atoms with Crippen LogP contribution in [0.15, 0.2) is 0 Å². The molecule has 3 fully saturated rings. The molecule has 3 saturated carbocycles. The van der Waals surface area contributed by atoms with Gasteiger partial charge in [0.25, 0.3) is 10.1 Å². The second-order valence-electron chi connectivity index (χ2n) is 17.4. The van der Waals surface area contributed by atoms with Gasteiger partial charge < -0.3 is 0 Å². The molecule has 5 nitrogen and oxygen atoms in total. The number of hydrogen-bond donors (Lipinski definition) is 1. The summed E-state index contributed by atoms with van der Waals surface area (Å²) in [5.74, 6) is 1.68. The Morgan fingerprint density at radius 3 is 0.460 bits per heavy atom. The minimum atomic E-state index is -3.72. The van der Waals surface area contributed by atoms with Crippen LogP contribution < -0.4 is 13.3 Å². The van der Waals surface area contributed by atoms with Gasteiger partial charge in [0.1, 0.15) is 0 Å². The molecule has 0 radical (unpaired) electrons. The van der Waals surface area contributed by atoms with Gasteiger partial charge in [-0.15, -0.1) is 0 Å². The summed E-state index contributed by atoms with van der Waals surface area (Å²) < 4.78 is 66.3. The van der Waals surface area contributed by atoms with E-state index < -0.39 is 429 Å². The summed E-state index contributed by atoms with van der Waals surface area (Å²) in [7, 11) is -30.3. The maximum absolute atomic E-state index is 10.7. The molecule has 0 atom stereocenters. The molecule has 0 bridgehead atoms. The molecule has 0 saturated heterocycles. The summed E-state index contributed by atoms with van der Waals surface area (Å²) in [5.41, 5.74) is 0. The van der Waals surface area contributed by atoms with Crippen molar-refractivity contribution >= 4 is 1470 Å². The van der Waals surface area contributed by atoms with Gasteiger partial charge in [-0.1, -0.05) is 73.7 Å². The Morgan fingerprint density at radius 1 is 0.245 bits per heavy atom. The third-order valence-electron chi connectivity index (χ3n) is 10.3. The summed E-state index contributed by atoms with van der Waals surface area (Å²) in [6, 6.07) is 0. The van der Waals surface area contributed by atoms with E-state index in [1.807, 2.05) is 0 Å². The first-order chi connectivity index (χ1) is 64.1. The summed E-state index contributed by atoms with van der Waals surface area (Å²) in [4.78, 5) is 0. The van der Waals surface area contributed by atoms with Crippen LogP contribution >= 0.6 is 1450 Å². The summed E-state index contributed by atoms with van der Waals surface area (Å²) in [6.45, 7) is 0. The average Bonchev–Trinajstić information content (AvgIpc) is 0.814. The Hall–Kier alpha value is 78.7. The van der Waals surface area contributed by atoms with Crippen molar-refractivity contribution in [2.75, 3.05) is 24.0 Å². The molecule has 3 rings (SSSR count). The van der Waals surface area contributed by atoms with Crippen LogP contribution in [0.3, 0.4) is 0 Å². The van der Waals surface area contributed by atoms with Gasteiger partial charge in [-0.3, -0.25) is 8.94 Å². The quantitative estimate of drug-likeness (QED) is 0.0284. The van der Waals surface area contributed by atoms with Gasteiger partial charge in [0.15, 0.2) is 0 Å². The van der Waals surface area contributed by atoms with Crippen molar-refractivity contribution in [1.82, 2.24) is 0 Å². The van der Waals surface area contributed by atoms with E-state index in [0.717, 1.165) is 57.3 Å². The fraction of sp³-hybridized carbons (Fsp3) is 1.00. The molecule has 0 amide bonds. The van der Waals surface area contributed by atoms with Gasteiger partial charge in [-0.2, -0.15) is 8.42 Å². The van der Waals surface area contributed by atoms with Gasteiger partial charge in [0, 0.05) is 16.0 Å². The molecule has 0 aromatic heterocycles. The minimum absolute atomic E-state index is 0.0347. The number of halogens is 110. The van der Waals surface area contributed by atoms with E-state index in [0.29, 0.717) is 19.2 Å². The van der Waals surface area contributed by atoms with Crippen molar-refractivity contribution in [3.63, 3.8) is 0 Å². The fourth-order valence-corrected chi connectivity index (χ4v) is 19900. The molecule has 0 unspecified atom stereocenters. The molecule has 0 heterocycles. The van der Waals surface area contributed by atoms with Crippen LogP contribution in [0.1, 0.15) is 97.7 Å². The van der Waals surface area contributed by atoms with Crippen LogP contribution in [0.4, 0.5) is 4.39 Å². The average molecular weight is 14200 g/mol. The second-order valence-corrected chi connectivity index (χ2v) is 2520. The van der Waals surface area contributed by atoms with Crippen LogP contribution in [0.5, 0.6) is 0 Å². The van der Waals surface area contributed by atoms with Crippen LogP contribution in [0, 0.1) is 17.8 Å². The first-order valence-electron chi connectivity index (χ1n) is 27.5. The molecule has 0 aromatic rings. The summed E-state index contributed by atoms with van der Waals surface area (Å²) in [6.07, 6.45) is 18.3. The smallest absolute Gasteiger partial charge is 0.265 e. The van der Waals surface area contributed by atoms with E-state index in [1.54, 1.807) is 0 Å². The van der Waals surface area contributed by atoms with E-state index >= 15 is 0 Å². The molecule has 139 heavy (non-hydrogen) atoms. The van der Waals surface area contributed by atoms with Crippen LogP contribution in [-0.4, -0.2) is 45.4 Å². The van der Waals surface area contributed by atoms with Crippen molar-refractivity contribution in [2.24, 2.45) is 17.8 Å². The predicted octanol–water partition coefficient (Wildman–Crippen LogP) is 98.0. The number of alkyl halides is 2. The standard InChI is InChI=1S/C7H13Br.C7H13ClO2S.C7H14O3S.CH3F.I54.I53/c8-6-7-4-2-1-3-5-7;2*8-11(9,10)6-7-4-2-1-3-5-7;1-2;1-29(2)31(5)33(7)35(9)37(11)39(13)41(15)43(17)45(19)47(21)49(23)51(25)53(27)54(28)52(26)50(24)48(22)46(20)44(18)42(16)40(14)38(12)36(10)34(8)32(6)30(3)4;1-28-30(4)32(6)34(8)36(10)38(12)40(14)42(16)44(18)46(20)48(22)50(24)52(26)53(27)51(25)49(23)47(21)45(19)43(17)41(15)39(13)37(11)35(9)33(7)31(5)29(2)3/h7H,1-6H2;7H,1-6H2;7H,1-6H2,(H,8,9,10);1H3;;/q;;;;;-1/i;;;1D;;. The third kappa shape index (κ3) is 102. The van der Waals surface area contributed by atoms with Crippen LogP contribution in [-0.2, 0) is 19.2 Å². The molecule has 0 aromatic carbocycles. The molecule has 3 aliphatic carbocycles. The van der Waals surface area contributed by atoms with E-state index in [2.05, 4.69) is 1040 Å². The zero-order chi connectivity index (χ0) is 110. The van der Waals surface area contributed by atoms with Crippen LogP contribution in [0.25, 0.3) is 0 Å². The third-order valence-corrected chi connectivity index (χ3v) is 8190. The molecule has 117 heteroatoms. The van der Waals surface area contributed by atoms with Crippen molar-refractivity contribution in [1.29, 1.82) is 0 Å². The molecular formula is C22H43BrClFI107O5S2-. The monoisotopic (exact) mass is 14200 g/mol. The fourth-order valence-electron chi connectivity index (χ4n) is 6.09. The topological polar surface area (TPSA) is 88.5 Å². The maximum atomic E-state index is 10.7. The normalized spacial score (nSPS) is 19.5. The number of hydrogen-bond acceptors (Lipinski definition) is 4. The van der Waals surface area contributed by atoms with Crippen molar-refractivity contribution in [3.05, 3.63) is 0 Å².